The van der Waals surface area contributed by atoms with Crippen LogP contribution < -0.4 is 10.9 Å². The summed E-state index contributed by atoms with van der Waals surface area (Å²) in [6, 6.07) is 20.0. The number of fused-ring (bicyclic) bond motifs is 3. The largest absolute Gasteiger partial charge is 0.325 e. The van der Waals surface area contributed by atoms with E-state index in [-0.39, 0.29) is 29.6 Å². The summed E-state index contributed by atoms with van der Waals surface area (Å²) in [4.78, 5) is 25.7. The normalized spacial score (nSPS) is 11.2. The number of aromatic nitrogens is 4. The standard InChI is InChI=1S/C24H17ClFN5O2S/c25-16-7-11-18(12-8-16)27-21(32)14-34-24-29-28-23-30(13-15-5-9-17(26)10-6-15)22(33)19-3-1-2-4-20(19)31(23)24/h1-12H,13-14H2,(H,27,32). The molecule has 0 saturated heterocycles. The maximum Gasteiger partial charge on any atom is 0.263 e. The second-order valence-corrected chi connectivity index (χ2v) is 8.88. The quantitative estimate of drug-likeness (QED) is 0.349. The van der Waals surface area contributed by atoms with Crippen LogP contribution in [0.5, 0.6) is 0 Å². The number of halogens is 2. The van der Waals surface area contributed by atoms with E-state index in [1.165, 1.54) is 28.5 Å². The molecule has 1 amide bonds. The number of nitrogens with one attached hydrogen (secondary N) is 1. The summed E-state index contributed by atoms with van der Waals surface area (Å²) in [5, 5.41) is 12.9. The molecular weight excluding hydrogens is 477 g/mol. The number of carbonyl (C=O) groups excluding carboxylic acids is 1. The van der Waals surface area contributed by atoms with Gasteiger partial charge in [0.1, 0.15) is 5.82 Å². The van der Waals surface area contributed by atoms with Crippen molar-refractivity contribution in [1.29, 1.82) is 0 Å². The van der Waals surface area contributed by atoms with Crippen LogP contribution in [0, 0.1) is 5.82 Å². The molecule has 2 aromatic heterocycles. The third-order valence-corrected chi connectivity index (χ3v) is 6.37. The van der Waals surface area contributed by atoms with E-state index in [1.807, 2.05) is 12.1 Å². The van der Waals surface area contributed by atoms with E-state index in [4.69, 9.17) is 11.6 Å². The van der Waals surface area contributed by atoms with Gasteiger partial charge in [-0.05, 0) is 54.1 Å². The third-order valence-electron chi connectivity index (χ3n) is 5.19. The van der Waals surface area contributed by atoms with Crippen LogP contribution in [0.3, 0.4) is 0 Å². The number of anilines is 1. The van der Waals surface area contributed by atoms with Crippen LogP contribution in [-0.2, 0) is 11.3 Å². The van der Waals surface area contributed by atoms with Crippen LogP contribution in [0.25, 0.3) is 16.7 Å². The van der Waals surface area contributed by atoms with E-state index >= 15 is 0 Å². The molecule has 0 saturated carbocycles. The van der Waals surface area contributed by atoms with E-state index in [2.05, 4.69) is 15.5 Å². The van der Waals surface area contributed by atoms with Gasteiger partial charge < -0.3 is 5.32 Å². The topological polar surface area (TPSA) is 81.3 Å². The van der Waals surface area contributed by atoms with Gasteiger partial charge in [-0.3, -0.25) is 18.6 Å². The fourth-order valence-electron chi connectivity index (χ4n) is 3.60. The molecule has 2 heterocycles. The first-order valence-corrected chi connectivity index (χ1v) is 11.7. The minimum atomic E-state index is -0.349. The Morgan fingerprint density at radius 3 is 2.50 bits per heavy atom. The molecule has 0 aliphatic heterocycles. The van der Waals surface area contributed by atoms with Gasteiger partial charge in [0.15, 0.2) is 5.16 Å². The van der Waals surface area contributed by atoms with Gasteiger partial charge in [-0.25, -0.2) is 4.39 Å². The predicted molar refractivity (Wildman–Crippen MR) is 131 cm³/mol. The lowest BCUT2D eigenvalue weighted by Crippen LogP contribution is -2.24. The van der Waals surface area contributed by atoms with Gasteiger partial charge in [0.2, 0.25) is 11.7 Å². The number of hydrogen-bond donors (Lipinski definition) is 1. The molecule has 0 aliphatic rings. The van der Waals surface area contributed by atoms with Gasteiger partial charge >= 0.3 is 0 Å². The molecule has 0 unspecified atom stereocenters. The van der Waals surface area contributed by atoms with Crippen LogP contribution in [0.2, 0.25) is 5.02 Å². The SMILES string of the molecule is O=C(CSc1nnc2n(Cc3ccc(F)cc3)c(=O)c3ccccc3n12)Nc1ccc(Cl)cc1. The van der Waals surface area contributed by atoms with Gasteiger partial charge in [-0.1, -0.05) is 47.6 Å². The molecule has 0 bridgehead atoms. The summed E-state index contributed by atoms with van der Waals surface area (Å²) in [6.45, 7) is 0.202. The Labute approximate surface area is 202 Å². The Hall–Kier alpha value is -3.69. The van der Waals surface area contributed by atoms with E-state index in [1.54, 1.807) is 52.9 Å². The molecule has 0 aliphatic carbocycles. The lowest BCUT2D eigenvalue weighted by molar-refractivity contribution is -0.113. The smallest absolute Gasteiger partial charge is 0.263 e. The fourth-order valence-corrected chi connectivity index (χ4v) is 4.47. The summed E-state index contributed by atoms with van der Waals surface area (Å²) < 4.78 is 16.6. The zero-order chi connectivity index (χ0) is 23.7. The van der Waals surface area contributed by atoms with Gasteiger partial charge in [-0.15, -0.1) is 10.2 Å². The van der Waals surface area contributed by atoms with Crippen molar-refractivity contribution in [2.45, 2.75) is 11.7 Å². The van der Waals surface area contributed by atoms with Crippen molar-refractivity contribution in [3.05, 3.63) is 99.6 Å². The predicted octanol–water partition coefficient (Wildman–Crippen LogP) is 4.62. The average molecular weight is 494 g/mol. The van der Waals surface area contributed by atoms with E-state index in [0.717, 1.165) is 5.56 Å². The van der Waals surface area contributed by atoms with Crippen molar-refractivity contribution in [3.63, 3.8) is 0 Å². The number of para-hydroxylation sites is 1. The van der Waals surface area contributed by atoms with Crippen molar-refractivity contribution in [3.8, 4) is 0 Å². The van der Waals surface area contributed by atoms with Gasteiger partial charge in [0.05, 0.1) is 23.2 Å². The molecule has 0 fully saturated rings. The Bertz CT molecular complexity index is 1570. The zero-order valence-electron chi connectivity index (χ0n) is 17.6. The Morgan fingerprint density at radius 2 is 1.74 bits per heavy atom. The minimum absolute atomic E-state index is 0.0921. The molecule has 170 valence electrons. The van der Waals surface area contributed by atoms with Gasteiger partial charge in [-0.2, -0.15) is 0 Å². The lowest BCUT2D eigenvalue weighted by atomic mass is 10.2. The van der Waals surface area contributed by atoms with Gasteiger partial charge in [0, 0.05) is 10.7 Å². The molecule has 0 spiro atoms. The number of rotatable bonds is 6. The monoisotopic (exact) mass is 493 g/mol. The van der Waals surface area contributed by atoms with Crippen molar-refractivity contribution < 1.29 is 9.18 Å². The Balaban J connectivity index is 1.49. The van der Waals surface area contributed by atoms with Crippen molar-refractivity contribution >= 4 is 51.6 Å². The fraction of sp³-hybridized carbons (Fsp3) is 0.0833. The third kappa shape index (κ3) is 4.40. The van der Waals surface area contributed by atoms with Crippen LogP contribution in [0.15, 0.2) is 82.7 Å². The molecule has 3 aromatic carbocycles. The number of amides is 1. The maximum atomic E-state index is 13.3. The first-order valence-electron chi connectivity index (χ1n) is 10.3. The molecule has 34 heavy (non-hydrogen) atoms. The maximum absolute atomic E-state index is 13.3. The number of carbonyl (C=O) groups is 1. The molecule has 10 heteroatoms. The first kappa shape index (κ1) is 22.1. The lowest BCUT2D eigenvalue weighted by Gasteiger charge is -2.11. The number of thioether (sulfide) groups is 1. The van der Waals surface area contributed by atoms with E-state index < -0.39 is 0 Å². The van der Waals surface area contributed by atoms with Crippen LogP contribution in [0.4, 0.5) is 10.1 Å². The summed E-state index contributed by atoms with van der Waals surface area (Å²) in [7, 11) is 0. The van der Waals surface area contributed by atoms with Crippen molar-refractivity contribution in [1.82, 2.24) is 19.2 Å². The zero-order valence-corrected chi connectivity index (χ0v) is 19.2. The first-order chi connectivity index (χ1) is 16.5. The van der Waals surface area contributed by atoms with E-state index in [9.17, 15) is 14.0 Å². The van der Waals surface area contributed by atoms with Crippen LogP contribution in [-0.4, -0.2) is 30.8 Å². The van der Waals surface area contributed by atoms with Crippen molar-refractivity contribution in [2.75, 3.05) is 11.1 Å². The summed E-state index contributed by atoms with van der Waals surface area (Å²) in [5.74, 6) is -0.131. The molecule has 0 atom stereocenters. The molecule has 0 radical (unpaired) electrons. The Morgan fingerprint density at radius 1 is 1.00 bits per heavy atom. The summed E-state index contributed by atoms with van der Waals surface area (Å²) >= 11 is 7.10. The second kappa shape index (κ2) is 9.28. The molecule has 5 aromatic rings. The Kier molecular flexibility index (Phi) is 6.04. The number of nitrogens with zero attached hydrogens (tertiary/aromatic N) is 4. The summed E-state index contributed by atoms with van der Waals surface area (Å²) in [6.07, 6.45) is 0. The highest BCUT2D eigenvalue weighted by molar-refractivity contribution is 7.99. The highest BCUT2D eigenvalue weighted by Crippen LogP contribution is 2.22. The van der Waals surface area contributed by atoms with Crippen molar-refractivity contribution in [2.24, 2.45) is 0 Å². The summed E-state index contributed by atoms with van der Waals surface area (Å²) in [5.41, 5.74) is 1.81. The molecular formula is C24H17ClFN5O2S. The number of hydrogen-bond acceptors (Lipinski definition) is 5. The minimum Gasteiger partial charge on any atom is -0.325 e. The average Bonchev–Trinajstić information content (AvgIpc) is 3.27. The van der Waals surface area contributed by atoms with Crippen LogP contribution >= 0.6 is 23.4 Å². The molecule has 7 nitrogen and oxygen atoms in total. The second-order valence-electron chi connectivity index (χ2n) is 7.50. The van der Waals surface area contributed by atoms with Crippen LogP contribution in [0.1, 0.15) is 5.56 Å². The highest BCUT2D eigenvalue weighted by Gasteiger charge is 2.18. The molecule has 1 N–H and O–H groups in total. The number of benzene rings is 3. The molecule has 5 rings (SSSR count). The highest BCUT2D eigenvalue weighted by atomic mass is 35.5. The van der Waals surface area contributed by atoms with E-state index in [0.29, 0.717) is 32.5 Å². The van der Waals surface area contributed by atoms with Gasteiger partial charge in [0.25, 0.3) is 5.56 Å².